The molecule has 2 aromatic rings. The average molecular weight is 368 g/mol. The molecule has 0 aliphatic heterocycles. The van der Waals surface area contributed by atoms with E-state index in [1.165, 1.54) is 20.3 Å². The van der Waals surface area contributed by atoms with Gasteiger partial charge in [-0.2, -0.15) is 0 Å². The Labute approximate surface area is 148 Å². The fourth-order valence-electron chi connectivity index (χ4n) is 2.54. The van der Waals surface area contributed by atoms with Crippen molar-refractivity contribution in [2.24, 2.45) is 0 Å². The van der Waals surface area contributed by atoms with Crippen LogP contribution in [-0.4, -0.2) is 48.2 Å². The van der Waals surface area contributed by atoms with Gasteiger partial charge in [0.2, 0.25) is 10.0 Å². The predicted molar refractivity (Wildman–Crippen MR) is 94.6 cm³/mol. The number of furan rings is 1. The van der Waals surface area contributed by atoms with Crippen LogP contribution in [0.3, 0.4) is 0 Å². The third-order valence-electron chi connectivity index (χ3n) is 3.93. The van der Waals surface area contributed by atoms with Gasteiger partial charge in [-0.1, -0.05) is 0 Å². The van der Waals surface area contributed by atoms with E-state index in [9.17, 15) is 8.42 Å². The Bertz CT molecular complexity index is 801. The Hall–Kier alpha value is -2.03. The number of hydrogen-bond donors (Lipinski definition) is 1. The second-order valence-corrected chi connectivity index (χ2v) is 7.55. The minimum absolute atomic E-state index is 0.155. The molecule has 2 rings (SSSR count). The molecule has 0 spiro atoms. The van der Waals surface area contributed by atoms with Gasteiger partial charge in [0.25, 0.3) is 0 Å². The highest BCUT2D eigenvalue weighted by molar-refractivity contribution is 7.89. The molecule has 0 aliphatic rings. The molecule has 0 bridgehead atoms. The van der Waals surface area contributed by atoms with Crippen molar-refractivity contribution >= 4 is 10.0 Å². The zero-order valence-corrected chi connectivity index (χ0v) is 15.9. The van der Waals surface area contributed by atoms with Crippen LogP contribution in [-0.2, 0) is 10.0 Å². The van der Waals surface area contributed by atoms with Crippen molar-refractivity contribution in [1.82, 2.24) is 9.62 Å². The Morgan fingerprint density at radius 1 is 1.20 bits per heavy atom. The van der Waals surface area contributed by atoms with Crippen molar-refractivity contribution in [3.05, 3.63) is 41.9 Å². The van der Waals surface area contributed by atoms with Crippen LogP contribution in [0.2, 0.25) is 0 Å². The summed E-state index contributed by atoms with van der Waals surface area (Å²) in [5.41, 5.74) is 0.574. The number of aryl methyl sites for hydroxylation is 1. The average Bonchev–Trinajstić information content (AvgIpc) is 3.08. The van der Waals surface area contributed by atoms with Gasteiger partial charge in [0, 0.05) is 12.6 Å². The van der Waals surface area contributed by atoms with Crippen molar-refractivity contribution in [2.45, 2.75) is 17.9 Å². The van der Waals surface area contributed by atoms with Crippen molar-refractivity contribution in [2.75, 3.05) is 34.9 Å². The van der Waals surface area contributed by atoms with Gasteiger partial charge < -0.3 is 13.9 Å². The molecule has 0 radical (unpaired) electrons. The quantitative estimate of drug-likeness (QED) is 0.769. The zero-order valence-electron chi connectivity index (χ0n) is 15.1. The Kier molecular flexibility index (Phi) is 6.10. The summed E-state index contributed by atoms with van der Waals surface area (Å²) in [4.78, 5) is 2.05. The van der Waals surface area contributed by atoms with Gasteiger partial charge in [0.05, 0.1) is 31.4 Å². The lowest BCUT2D eigenvalue weighted by molar-refractivity contribution is 0.259. The molecule has 25 heavy (non-hydrogen) atoms. The molecule has 1 atom stereocenters. The highest BCUT2D eigenvalue weighted by atomic mass is 32.2. The molecule has 138 valence electrons. The molecular formula is C17H24N2O5S. The number of methoxy groups -OCH3 is 2. The van der Waals surface area contributed by atoms with E-state index in [1.54, 1.807) is 25.3 Å². The van der Waals surface area contributed by atoms with Crippen LogP contribution in [0.4, 0.5) is 0 Å². The molecule has 0 amide bonds. The van der Waals surface area contributed by atoms with Crippen LogP contribution in [0.25, 0.3) is 0 Å². The minimum atomic E-state index is -3.72. The zero-order chi connectivity index (χ0) is 18.6. The fourth-order valence-corrected chi connectivity index (χ4v) is 3.81. The smallest absolute Gasteiger partial charge is 0.241 e. The van der Waals surface area contributed by atoms with Crippen molar-refractivity contribution in [3.63, 3.8) is 0 Å². The maximum Gasteiger partial charge on any atom is 0.241 e. The maximum absolute atomic E-state index is 12.8. The number of hydrogen-bond acceptors (Lipinski definition) is 6. The van der Waals surface area contributed by atoms with E-state index in [1.807, 2.05) is 25.1 Å². The maximum atomic E-state index is 12.8. The number of ether oxygens (including phenoxy) is 2. The Morgan fingerprint density at radius 3 is 2.36 bits per heavy atom. The van der Waals surface area contributed by atoms with Gasteiger partial charge >= 0.3 is 0 Å². The first kappa shape index (κ1) is 19.3. The summed E-state index contributed by atoms with van der Waals surface area (Å²) in [5.74, 6) is 1.54. The summed E-state index contributed by atoms with van der Waals surface area (Å²) < 4.78 is 44.0. The first-order valence-corrected chi connectivity index (χ1v) is 9.20. The van der Waals surface area contributed by atoms with Crippen LogP contribution in [0.1, 0.15) is 17.4 Å². The molecule has 1 unspecified atom stereocenters. The van der Waals surface area contributed by atoms with Gasteiger partial charge in [0.1, 0.15) is 5.76 Å². The second-order valence-electron chi connectivity index (χ2n) is 5.82. The molecule has 0 aliphatic carbocycles. The van der Waals surface area contributed by atoms with Gasteiger partial charge in [-0.3, -0.25) is 4.90 Å². The summed E-state index contributed by atoms with van der Waals surface area (Å²) in [7, 11) is 2.98. The summed E-state index contributed by atoms with van der Waals surface area (Å²) in [5, 5.41) is 0. The number of sulfonamides is 1. The molecule has 8 heteroatoms. The third kappa shape index (κ3) is 4.33. The minimum Gasteiger partial charge on any atom is -0.493 e. The summed E-state index contributed by atoms with van der Waals surface area (Å²) >= 11 is 0. The lowest BCUT2D eigenvalue weighted by Crippen LogP contribution is -2.34. The molecule has 0 fully saturated rings. The largest absolute Gasteiger partial charge is 0.493 e. The monoisotopic (exact) mass is 368 g/mol. The van der Waals surface area contributed by atoms with Gasteiger partial charge in [-0.05, 0) is 44.8 Å². The summed E-state index contributed by atoms with van der Waals surface area (Å²) in [6, 6.07) is 6.49. The van der Waals surface area contributed by atoms with E-state index in [4.69, 9.17) is 13.9 Å². The molecule has 1 heterocycles. The molecule has 7 nitrogen and oxygen atoms in total. The van der Waals surface area contributed by atoms with Crippen LogP contribution in [0, 0.1) is 6.92 Å². The number of likely N-dealkylation sites (N-methyl/N-ethyl adjacent to an activating group) is 1. The Morgan fingerprint density at radius 2 is 1.84 bits per heavy atom. The summed E-state index contributed by atoms with van der Waals surface area (Å²) in [6.45, 7) is 1.89. The number of nitrogens with one attached hydrogen (secondary N) is 1. The molecule has 1 aromatic heterocycles. The highest BCUT2D eigenvalue weighted by Gasteiger charge is 2.24. The van der Waals surface area contributed by atoms with Crippen molar-refractivity contribution < 1.29 is 22.3 Å². The first-order valence-electron chi connectivity index (χ1n) is 7.72. The van der Waals surface area contributed by atoms with Crippen LogP contribution in [0.5, 0.6) is 11.5 Å². The topological polar surface area (TPSA) is 81.0 Å². The summed E-state index contributed by atoms with van der Waals surface area (Å²) in [6.07, 6.45) is 1.57. The second kappa shape index (κ2) is 7.90. The molecule has 0 saturated heterocycles. The lowest BCUT2D eigenvalue weighted by Gasteiger charge is -2.23. The van der Waals surface area contributed by atoms with E-state index < -0.39 is 10.0 Å². The standard InChI is InChI=1S/C17H24N2O5S/c1-12-9-15(22-4)16(23-5)10-17(12)25(20,21)18-11-13(19(2)3)14-7-6-8-24-14/h6-10,13,18H,11H2,1-5H3. The van der Waals surface area contributed by atoms with Gasteiger partial charge in [-0.25, -0.2) is 13.1 Å². The lowest BCUT2D eigenvalue weighted by atomic mass is 10.2. The van der Waals surface area contributed by atoms with Crippen LogP contribution in [0.15, 0.2) is 39.8 Å². The predicted octanol–water partition coefficient (Wildman–Crippen LogP) is 2.19. The van der Waals surface area contributed by atoms with E-state index in [0.717, 1.165) is 0 Å². The number of rotatable bonds is 8. The number of benzene rings is 1. The fraction of sp³-hybridized carbons (Fsp3) is 0.412. The normalized spacial score (nSPS) is 13.0. The number of nitrogens with zero attached hydrogens (tertiary/aromatic N) is 1. The molecule has 1 aromatic carbocycles. The molecule has 1 N–H and O–H groups in total. The van der Waals surface area contributed by atoms with E-state index in [2.05, 4.69) is 4.72 Å². The van der Waals surface area contributed by atoms with Crippen LogP contribution < -0.4 is 14.2 Å². The van der Waals surface area contributed by atoms with E-state index >= 15 is 0 Å². The first-order chi connectivity index (χ1) is 11.8. The Balaban J connectivity index is 2.27. The van der Waals surface area contributed by atoms with Gasteiger partial charge in [0.15, 0.2) is 11.5 Å². The SMILES string of the molecule is COc1cc(C)c(S(=O)(=O)NCC(c2ccco2)N(C)C)cc1OC. The van der Waals surface area contributed by atoms with E-state index in [-0.39, 0.29) is 17.5 Å². The van der Waals surface area contributed by atoms with Gasteiger partial charge in [-0.15, -0.1) is 0 Å². The third-order valence-corrected chi connectivity index (χ3v) is 5.50. The highest BCUT2D eigenvalue weighted by Crippen LogP contribution is 2.32. The molecular weight excluding hydrogens is 344 g/mol. The molecule has 0 saturated carbocycles. The van der Waals surface area contributed by atoms with Crippen LogP contribution >= 0.6 is 0 Å². The van der Waals surface area contributed by atoms with Crippen molar-refractivity contribution in [1.29, 1.82) is 0 Å². The van der Waals surface area contributed by atoms with E-state index in [0.29, 0.717) is 22.8 Å². The van der Waals surface area contributed by atoms with Crippen molar-refractivity contribution in [3.8, 4) is 11.5 Å².